The van der Waals surface area contributed by atoms with Gasteiger partial charge >= 0.3 is 0 Å². The van der Waals surface area contributed by atoms with Crippen LogP contribution in [0.4, 0.5) is 8.78 Å². The molecule has 0 radical (unpaired) electrons. The van der Waals surface area contributed by atoms with Crippen LogP contribution in [0.5, 0.6) is 17.5 Å². The lowest BCUT2D eigenvalue weighted by atomic mass is 10.1. The van der Waals surface area contributed by atoms with Crippen molar-refractivity contribution in [2.24, 2.45) is 0 Å². The van der Waals surface area contributed by atoms with Crippen LogP contribution in [0.3, 0.4) is 0 Å². The van der Waals surface area contributed by atoms with E-state index in [4.69, 9.17) is 9.47 Å². The maximum Gasteiger partial charge on any atom is 0.286 e. The van der Waals surface area contributed by atoms with Crippen LogP contribution in [0.25, 0.3) is 11.1 Å². The molecule has 3 heterocycles. The standard InChI is InChI=1S/C18H15F2N3O2/c1-18(19,20)15-8-7-12(11-23-15)25-17-14(6-4-10-22-17)13-5-3-9-21-16(13)24-2/h3-11H,1-2H3. The molecule has 0 N–H and O–H groups in total. The third-order valence-corrected chi connectivity index (χ3v) is 3.43. The molecule has 3 aromatic heterocycles. The minimum atomic E-state index is -3.00. The van der Waals surface area contributed by atoms with Gasteiger partial charge in [0.1, 0.15) is 11.4 Å². The van der Waals surface area contributed by atoms with Gasteiger partial charge in [-0.25, -0.2) is 9.97 Å². The molecule has 0 fully saturated rings. The van der Waals surface area contributed by atoms with Crippen LogP contribution in [0.15, 0.2) is 55.0 Å². The highest BCUT2D eigenvalue weighted by Gasteiger charge is 2.25. The molecule has 3 aromatic rings. The molecule has 0 saturated heterocycles. The molecule has 25 heavy (non-hydrogen) atoms. The third-order valence-electron chi connectivity index (χ3n) is 3.43. The van der Waals surface area contributed by atoms with E-state index in [1.807, 2.05) is 12.1 Å². The number of halogens is 2. The van der Waals surface area contributed by atoms with Gasteiger partial charge in [0, 0.05) is 30.4 Å². The molecule has 128 valence electrons. The number of rotatable bonds is 5. The number of aromatic nitrogens is 3. The molecule has 0 saturated carbocycles. The van der Waals surface area contributed by atoms with Crippen LogP contribution in [0.2, 0.25) is 0 Å². The molecule has 0 atom stereocenters. The average Bonchev–Trinajstić information content (AvgIpc) is 2.62. The number of hydrogen-bond acceptors (Lipinski definition) is 5. The molecule has 0 aromatic carbocycles. The summed E-state index contributed by atoms with van der Waals surface area (Å²) in [6, 6.07) is 9.82. The molecule has 0 amide bonds. The Balaban J connectivity index is 1.94. The number of nitrogens with zero attached hydrogens (tertiary/aromatic N) is 3. The van der Waals surface area contributed by atoms with E-state index in [0.29, 0.717) is 28.6 Å². The average molecular weight is 343 g/mol. The number of alkyl halides is 2. The first-order valence-electron chi connectivity index (χ1n) is 7.45. The summed E-state index contributed by atoms with van der Waals surface area (Å²) >= 11 is 0. The molecule has 0 bridgehead atoms. The Kier molecular flexibility index (Phi) is 4.56. The van der Waals surface area contributed by atoms with Crippen molar-refractivity contribution in [3.05, 3.63) is 60.7 Å². The largest absolute Gasteiger partial charge is 0.481 e. The van der Waals surface area contributed by atoms with Crippen LogP contribution < -0.4 is 9.47 Å². The summed E-state index contributed by atoms with van der Waals surface area (Å²) < 4.78 is 37.5. The van der Waals surface area contributed by atoms with Crippen LogP contribution in [-0.4, -0.2) is 22.1 Å². The number of methoxy groups -OCH3 is 1. The van der Waals surface area contributed by atoms with Gasteiger partial charge in [-0.15, -0.1) is 0 Å². The summed E-state index contributed by atoms with van der Waals surface area (Å²) in [5.41, 5.74) is 1.05. The van der Waals surface area contributed by atoms with Gasteiger partial charge in [0.15, 0.2) is 0 Å². The highest BCUT2D eigenvalue weighted by atomic mass is 19.3. The van der Waals surface area contributed by atoms with E-state index in [2.05, 4.69) is 15.0 Å². The van der Waals surface area contributed by atoms with E-state index in [0.717, 1.165) is 6.92 Å². The van der Waals surface area contributed by atoms with Crippen molar-refractivity contribution in [2.45, 2.75) is 12.8 Å². The Labute approximate surface area is 143 Å². The topological polar surface area (TPSA) is 57.1 Å². The molecule has 0 aliphatic carbocycles. The molecule has 0 aliphatic heterocycles. The molecule has 3 rings (SSSR count). The van der Waals surface area contributed by atoms with Gasteiger partial charge in [0.2, 0.25) is 11.8 Å². The van der Waals surface area contributed by atoms with Crippen LogP contribution >= 0.6 is 0 Å². The second kappa shape index (κ2) is 6.80. The van der Waals surface area contributed by atoms with E-state index in [9.17, 15) is 8.78 Å². The SMILES string of the molecule is COc1ncccc1-c1cccnc1Oc1ccc(C(C)(F)F)nc1. The van der Waals surface area contributed by atoms with Gasteiger partial charge in [0.25, 0.3) is 5.92 Å². The van der Waals surface area contributed by atoms with Crippen LogP contribution in [0, 0.1) is 0 Å². The lowest BCUT2D eigenvalue weighted by Crippen LogP contribution is -2.09. The van der Waals surface area contributed by atoms with Crippen molar-refractivity contribution >= 4 is 0 Å². The smallest absolute Gasteiger partial charge is 0.286 e. The van der Waals surface area contributed by atoms with Gasteiger partial charge in [-0.3, -0.25) is 4.98 Å². The zero-order chi connectivity index (χ0) is 17.9. The highest BCUT2D eigenvalue weighted by Crippen LogP contribution is 2.35. The number of hydrogen-bond donors (Lipinski definition) is 0. The maximum absolute atomic E-state index is 13.2. The summed E-state index contributed by atoms with van der Waals surface area (Å²) in [5.74, 6) is -1.97. The van der Waals surface area contributed by atoms with Gasteiger partial charge in [0.05, 0.1) is 13.3 Å². The Bertz CT molecular complexity index is 865. The number of pyridine rings is 3. The first-order chi connectivity index (χ1) is 12.0. The van der Waals surface area contributed by atoms with Crippen LogP contribution in [0.1, 0.15) is 12.6 Å². The number of ether oxygens (including phenoxy) is 2. The van der Waals surface area contributed by atoms with Crippen molar-refractivity contribution in [1.82, 2.24) is 15.0 Å². The lowest BCUT2D eigenvalue weighted by molar-refractivity contribution is 0.0127. The first-order valence-corrected chi connectivity index (χ1v) is 7.45. The van der Waals surface area contributed by atoms with Crippen molar-refractivity contribution in [3.63, 3.8) is 0 Å². The predicted octanol–water partition coefficient (Wildman–Crippen LogP) is 4.45. The summed E-state index contributed by atoms with van der Waals surface area (Å²) in [6.45, 7) is 0.793. The zero-order valence-corrected chi connectivity index (χ0v) is 13.6. The lowest BCUT2D eigenvalue weighted by Gasteiger charge is -2.13. The van der Waals surface area contributed by atoms with E-state index in [1.165, 1.54) is 25.4 Å². The van der Waals surface area contributed by atoms with Crippen molar-refractivity contribution in [2.75, 3.05) is 7.11 Å². The fourth-order valence-corrected chi connectivity index (χ4v) is 2.25. The van der Waals surface area contributed by atoms with E-state index in [1.54, 1.807) is 24.5 Å². The molecule has 0 aliphatic rings. The second-order valence-corrected chi connectivity index (χ2v) is 5.29. The second-order valence-electron chi connectivity index (χ2n) is 5.29. The normalized spacial score (nSPS) is 11.2. The Morgan fingerprint density at radius 1 is 0.880 bits per heavy atom. The fraction of sp³-hybridized carbons (Fsp3) is 0.167. The minimum absolute atomic E-state index is 0.298. The van der Waals surface area contributed by atoms with Gasteiger partial charge in [-0.2, -0.15) is 8.78 Å². The third kappa shape index (κ3) is 3.71. The van der Waals surface area contributed by atoms with Crippen LogP contribution in [-0.2, 0) is 5.92 Å². The zero-order valence-electron chi connectivity index (χ0n) is 13.6. The van der Waals surface area contributed by atoms with Gasteiger partial charge in [-0.05, 0) is 36.4 Å². The Morgan fingerprint density at radius 3 is 2.08 bits per heavy atom. The van der Waals surface area contributed by atoms with E-state index < -0.39 is 5.92 Å². The summed E-state index contributed by atoms with van der Waals surface area (Å²) in [5, 5.41) is 0. The fourth-order valence-electron chi connectivity index (χ4n) is 2.25. The summed E-state index contributed by atoms with van der Waals surface area (Å²) in [4.78, 5) is 12.1. The molecule has 7 heteroatoms. The summed E-state index contributed by atoms with van der Waals surface area (Å²) in [6.07, 6.45) is 4.43. The first kappa shape index (κ1) is 16.8. The molecule has 0 spiro atoms. The predicted molar refractivity (Wildman–Crippen MR) is 87.9 cm³/mol. The van der Waals surface area contributed by atoms with E-state index in [-0.39, 0.29) is 5.69 Å². The monoisotopic (exact) mass is 343 g/mol. The minimum Gasteiger partial charge on any atom is -0.481 e. The quantitative estimate of drug-likeness (QED) is 0.685. The maximum atomic E-state index is 13.2. The molecular formula is C18H15F2N3O2. The van der Waals surface area contributed by atoms with E-state index >= 15 is 0 Å². The van der Waals surface area contributed by atoms with Crippen molar-refractivity contribution < 1.29 is 18.3 Å². The summed E-state index contributed by atoms with van der Waals surface area (Å²) in [7, 11) is 1.52. The van der Waals surface area contributed by atoms with Gasteiger partial charge < -0.3 is 9.47 Å². The molecular weight excluding hydrogens is 328 g/mol. The van der Waals surface area contributed by atoms with Gasteiger partial charge in [-0.1, -0.05) is 0 Å². The van der Waals surface area contributed by atoms with Crippen molar-refractivity contribution in [1.29, 1.82) is 0 Å². The Morgan fingerprint density at radius 2 is 1.52 bits per heavy atom. The van der Waals surface area contributed by atoms with Crippen molar-refractivity contribution in [3.8, 4) is 28.6 Å². The Hall–Kier alpha value is -3.09. The molecule has 5 nitrogen and oxygen atoms in total. The molecule has 0 unspecified atom stereocenters. The highest BCUT2D eigenvalue weighted by molar-refractivity contribution is 5.72.